The number of ether oxygens (including phenoxy) is 1. The fourth-order valence-electron chi connectivity index (χ4n) is 1.76. The Kier molecular flexibility index (Phi) is 4.43. The molecule has 1 N–H and O–H groups in total. The van der Waals surface area contributed by atoms with Gasteiger partial charge >= 0.3 is 5.97 Å². The second-order valence-electron chi connectivity index (χ2n) is 4.69. The Morgan fingerprint density at radius 2 is 2.11 bits per heavy atom. The van der Waals surface area contributed by atoms with Crippen LogP contribution in [0.4, 0.5) is 0 Å². The number of hydrogen-bond acceptors (Lipinski definition) is 3. The van der Waals surface area contributed by atoms with E-state index in [9.17, 15) is 9.59 Å². The number of rotatable bonds is 5. The van der Waals surface area contributed by atoms with Gasteiger partial charge in [-0.1, -0.05) is 29.8 Å². The maximum absolute atomic E-state index is 11.7. The molecule has 0 unspecified atom stereocenters. The first-order chi connectivity index (χ1) is 9.08. The van der Waals surface area contributed by atoms with Gasteiger partial charge < -0.3 is 10.1 Å². The molecule has 1 amide bonds. The summed E-state index contributed by atoms with van der Waals surface area (Å²) in [4.78, 5) is 23.0. The second kappa shape index (κ2) is 6.06. The molecule has 1 aromatic rings. The Hall–Kier alpha value is -1.55. The highest BCUT2D eigenvalue weighted by atomic mass is 35.5. The summed E-state index contributed by atoms with van der Waals surface area (Å²) in [7, 11) is 0. The van der Waals surface area contributed by atoms with E-state index in [4.69, 9.17) is 16.3 Å². The van der Waals surface area contributed by atoms with E-state index in [1.807, 2.05) is 25.1 Å². The van der Waals surface area contributed by atoms with Crippen LogP contribution in [0.2, 0.25) is 5.02 Å². The second-order valence-corrected chi connectivity index (χ2v) is 5.10. The van der Waals surface area contributed by atoms with Crippen molar-refractivity contribution in [1.29, 1.82) is 0 Å². The van der Waals surface area contributed by atoms with Crippen molar-refractivity contribution in [3.8, 4) is 0 Å². The maximum atomic E-state index is 11.7. The van der Waals surface area contributed by atoms with Crippen LogP contribution in [0, 0.1) is 5.92 Å². The SMILES string of the molecule is C[C@H](NC(=O)COC(=O)C1CC1)c1ccccc1Cl. The van der Waals surface area contributed by atoms with E-state index in [0.29, 0.717) is 5.02 Å². The van der Waals surface area contributed by atoms with Gasteiger partial charge in [-0.05, 0) is 31.4 Å². The molecule has 1 aliphatic carbocycles. The van der Waals surface area contributed by atoms with Crippen molar-refractivity contribution >= 4 is 23.5 Å². The Balaban J connectivity index is 1.81. The molecular formula is C14H16ClNO3. The van der Waals surface area contributed by atoms with E-state index in [1.54, 1.807) is 6.07 Å². The molecule has 1 fully saturated rings. The monoisotopic (exact) mass is 281 g/mol. The zero-order valence-electron chi connectivity index (χ0n) is 10.7. The van der Waals surface area contributed by atoms with E-state index in [2.05, 4.69) is 5.32 Å². The lowest BCUT2D eigenvalue weighted by Crippen LogP contribution is -2.31. The summed E-state index contributed by atoms with van der Waals surface area (Å²) in [5.41, 5.74) is 0.839. The quantitative estimate of drug-likeness (QED) is 0.844. The standard InChI is InChI=1S/C14H16ClNO3/c1-9(11-4-2-3-5-12(11)15)16-13(17)8-19-14(18)10-6-7-10/h2-5,9-10H,6-8H2,1H3,(H,16,17)/t9-/m0/s1. The highest BCUT2D eigenvalue weighted by molar-refractivity contribution is 6.31. The predicted molar refractivity (Wildman–Crippen MR) is 71.7 cm³/mol. The highest BCUT2D eigenvalue weighted by Crippen LogP contribution is 2.30. The van der Waals surface area contributed by atoms with Crippen LogP contribution in [0.3, 0.4) is 0 Å². The van der Waals surface area contributed by atoms with Gasteiger partial charge in [0.15, 0.2) is 6.61 Å². The van der Waals surface area contributed by atoms with Gasteiger partial charge in [0.25, 0.3) is 5.91 Å². The van der Waals surface area contributed by atoms with Crippen LogP contribution in [0.15, 0.2) is 24.3 Å². The molecule has 0 bridgehead atoms. The summed E-state index contributed by atoms with van der Waals surface area (Å²) in [5, 5.41) is 3.35. The molecule has 0 saturated heterocycles. The zero-order chi connectivity index (χ0) is 13.8. The minimum Gasteiger partial charge on any atom is -0.455 e. The Morgan fingerprint density at radius 1 is 1.42 bits per heavy atom. The number of esters is 1. The zero-order valence-corrected chi connectivity index (χ0v) is 11.4. The number of halogens is 1. The first-order valence-electron chi connectivity index (χ1n) is 6.28. The van der Waals surface area contributed by atoms with Crippen LogP contribution in [-0.2, 0) is 14.3 Å². The number of nitrogens with one attached hydrogen (secondary N) is 1. The third kappa shape index (κ3) is 3.96. The fourth-order valence-corrected chi connectivity index (χ4v) is 2.06. The van der Waals surface area contributed by atoms with Crippen molar-refractivity contribution < 1.29 is 14.3 Å². The molecule has 1 aliphatic rings. The van der Waals surface area contributed by atoms with Crippen LogP contribution < -0.4 is 5.32 Å². The molecule has 19 heavy (non-hydrogen) atoms. The minimum absolute atomic E-state index is 0.00814. The molecule has 1 atom stereocenters. The largest absolute Gasteiger partial charge is 0.455 e. The number of hydrogen-bond donors (Lipinski definition) is 1. The minimum atomic E-state index is -0.318. The molecule has 0 spiro atoms. The molecule has 0 aliphatic heterocycles. The van der Waals surface area contributed by atoms with E-state index in [-0.39, 0.29) is 30.4 Å². The van der Waals surface area contributed by atoms with E-state index in [1.165, 1.54) is 0 Å². The summed E-state index contributed by atoms with van der Waals surface area (Å²) in [5.74, 6) is -0.587. The number of amides is 1. The van der Waals surface area contributed by atoms with Gasteiger partial charge in [-0.3, -0.25) is 9.59 Å². The lowest BCUT2D eigenvalue weighted by Gasteiger charge is -2.15. The average molecular weight is 282 g/mol. The van der Waals surface area contributed by atoms with Crippen LogP contribution in [-0.4, -0.2) is 18.5 Å². The van der Waals surface area contributed by atoms with Crippen molar-refractivity contribution in [2.75, 3.05) is 6.61 Å². The lowest BCUT2D eigenvalue weighted by atomic mass is 10.1. The van der Waals surface area contributed by atoms with Crippen LogP contribution in [0.25, 0.3) is 0 Å². The van der Waals surface area contributed by atoms with E-state index in [0.717, 1.165) is 18.4 Å². The van der Waals surface area contributed by atoms with Gasteiger partial charge in [0.2, 0.25) is 0 Å². The molecule has 0 heterocycles. The molecule has 0 aromatic heterocycles. The third-order valence-electron chi connectivity index (χ3n) is 3.01. The van der Waals surface area contributed by atoms with Crippen molar-refractivity contribution in [1.82, 2.24) is 5.32 Å². The predicted octanol–water partition coefficient (Wildman–Crippen LogP) is 2.47. The van der Waals surface area contributed by atoms with E-state index < -0.39 is 0 Å². The molecular weight excluding hydrogens is 266 g/mol. The molecule has 2 rings (SSSR count). The summed E-state index contributed by atoms with van der Waals surface area (Å²) in [6.07, 6.45) is 1.74. The Labute approximate surface area is 117 Å². The first kappa shape index (κ1) is 13.9. The van der Waals surface area contributed by atoms with Crippen molar-refractivity contribution in [3.05, 3.63) is 34.9 Å². The van der Waals surface area contributed by atoms with Crippen LogP contribution in [0.5, 0.6) is 0 Å². The summed E-state index contributed by atoms with van der Waals surface area (Å²) >= 11 is 6.04. The molecule has 4 nitrogen and oxygen atoms in total. The van der Waals surface area contributed by atoms with Gasteiger partial charge in [-0.25, -0.2) is 0 Å². The smallest absolute Gasteiger partial charge is 0.309 e. The Bertz CT molecular complexity index is 485. The van der Waals surface area contributed by atoms with Crippen molar-refractivity contribution in [3.63, 3.8) is 0 Å². The lowest BCUT2D eigenvalue weighted by molar-refractivity contribution is -0.150. The molecule has 102 valence electrons. The average Bonchev–Trinajstić information content (AvgIpc) is 3.20. The van der Waals surface area contributed by atoms with Crippen LogP contribution in [0.1, 0.15) is 31.4 Å². The van der Waals surface area contributed by atoms with Gasteiger partial charge in [0, 0.05) is 5.02 Å². The fraction of sp³-hybridized carbons (Fsp3) is 0.429. The summed E-state index contributed by atoms with van der Waals surface area (Å²) in [6.45, 7) is 1.60. The van der Waals surface area contributed by atoms with Gasteiger partial charge in [0.05, 0.1) is 12.0 Å². The van der Waals surface area contributed by atoms with Gasteiger partial charge in [-0.15, -0.1) is 0 Å². The van der Waals surface area contributed by atoms with Gasteiger partial charge in [0.1, 0.15) is 0 Å². The van der Waals surface area contributed by atoms with E-state index >= 15 is 0 Å². The maximum Gasteiger partial charge on any atom is 0.309 e. The molecule has 5 heteroatoms. The van der Waals surface area contributed by atoms with Crippen LogP contribution >= 0.6 is 11.6 Å². The third-order valence-corrected chi connectivity index (χ3v) is 3.35. The number of benzene rings is 1. The Morgan fingerprint density at radius 3 is 2.74 bits per heavy atom. The molecule has 1 aromatic carbocycles. The summed E-state index contributed by atoms with van der Waals surface area (Å²) < 4.78 is 4.91. The first-order valence-corrected chi connectivity index (χ1v) is 6.66. The van der Waals surface area contributed by atoms with Crippen molar-refractivity contribution in [2.24, 2.45) is 5.92 Å². The van der Waals surface area contributed by atoms with Crippen molar-refractivity contribution in [2.45, 2.75) is 25.8 Å². The molecule has 1 saturated carbocycles. The summed E-state index contributed by atoms with van der Waals surface area (Å²) in [6, 6.07) is 7.09. The number of carbonyl (C=O) groups excluding carboxylic acids is 2. The van der Waals surface area contributed by atoms with Gasteiger partial charge in [-0.2, -0.15) is 0 Å². The normalized spacial score (nSPS) is 15.7. The highest BCUT2D eigenvalue weighted by Gasteiger charge is 2.31. The topological polar surface area (TPSA) is 55.4 Å². The number of carbonyl (C=O) groups is 2. The molecule has 0 radical (unpaired) electrons.